The Morgan fingerprint density at radius 3 is 2.65 bits per heavy atom. The lowest BCUT2D eigenvalue weighted by Gasteiger charge is -2.08. The van der Waals surface area contributed by atoms with Crippen LogP contribution in [-0.2, 0) is 20.7 Å². The quantitative estimate of drug-likeness (QED) is 0.813. The van der Waals surface area contributed by atoms with Gasteiger partial charge < -0.3 is 10.1 Å². The monoisotopic (exact) mass is 235 g/mol. The molecule has 0 aliphatic carbocycles. The number of rotatable bonds is 4. The zero-order valence-corrected chi connectivity index (χ0v) is 10.3. The third kappa shape index (κ3) is 5.15. The Kier molecular flexibility index (Phi) is 4.69. The molecule has 92 valence electrons. The maximum absolute atomic E-state index is 11.4. The summed E-state index contributed by atoms with van der Waals surface area (Å²) in [4.78, 5) is 22.3. The van der Waals surface area contributed by atoms with E-state index in [2.05, 4.69) is 5.32 Å². The number of esters is 1. The second-order valence-corrected chi connectivity index (χ2v) is 4.10. The Morgan fingerprint density at radius 1 is 1.35 bits per heavy atom. The first-order chi connectivity index (χ1) is 7.97. The van der Waals surface area contributed by atoms with Crippen molar-refractivity contribution in [1.29, 1.82) is 0 Å². The van der Waals surface area contributed by atoms with Gasteiger partial charge in [0.1, 0.15) is 0 Å². The smallest absolute Gasteiger partial charge is 0.310 e. The molecule has 0 aromatic heterocycles. The molecule has 0 unspecified atom stereocenters. The van der Waals surface area contributed by atoms with E-state index in [9.17, 15) is 9.59 Å². The highest BCUT2D eigenvalue weighted by Crippen LogP contribution is 2.11. The molecular weight excluding hydrogens is 218 g/mol. The molecule has 4 heteroatoms. The minimum Gasteiger partial charge on any atom is -0.463 e. The number of nitrogens with one attached hydrogen (secondary N) is 1. The van der Waals surface area contributed by atoms with Crippen molar-refractivity contribution >= 4 is 17.6 Å². The van der Waals surface area contributed by atoms with Gasteiger partial charge in [-0.3, -0.25) is 9.59 Å². The Labute approximate surface area is 101 Å². The lowest BCUT2D eigenvalue weighted by Crippen LogP contribution is -2.14. The summed E-state index contributed by atoms with van der Waals surface area (Å²) in [5.74, 6) is -0.396. The summed E-state index contributed by atoms with van der Waals surface area (Å²) in [5.41, 5.74) is 1.51. The minimum absolute atomic E-state index is 0.110. The van der Waals surface area contributed by atoms with Crippen molar-refractivity contribution in [3.8, 4) is 0 Å². The number of amides is 1. The van der Waals surface area contributed by atoms with E-state index in [-0.39, 0.29) is 24.4 Å². The van der Waals surface area contributed by atoms with Crippen molar-refractivity contribution in [2.75, 3.05) is 5.32 Å². The normalized spacial score (nSPS) is 10.1. The van der Waals surface area contributed by atoms with Crippen LogP contribution in [0.5, 0.6) is 0 Å². The molecule has 17 heavy (non-hydrogen) atoms. The summed E-state index contributed by atoms with van der Waals surface area (Å²) in [7, 11) is 0. The number of ether oxygens (including phenoxy) is 1. The molecule has 0 spiro atoms. The van der Waals surface area contributed by atoms with Gasteiger partial charge in [-0.15, -0.1) is 0 Å². The van der Waals surface area contributed by atoms with Crippen molar-refractivity contribution in [3.63, 3.8) is 0 Å². The molecule has 0 saturated carbocycles. The summed E-state index contributed by atoms with van der Waals surface area (Å²) < 4.78 is 5.05. The lowest BCUT2D eigenvalue weighted by atomic mass is 10.1. The summed E-state index contributed by atoms with van der Waals surface area (Å²) >= 11 is 0. The molecule has 0 atom stereocenters. The Morgan fingerprint density at radius 2 is 2.06 bits per heavy atom. The maximum Gasteiger partial charge on any atom is 0.310 e. The van der Waals surface area contributed by atoms with Crippen LogP contribution in [0.1, 0.15) is 26.3 Å². The van der Waals surface area contributed by atoms with Crippen molar-refractivity contribution in [2.24, 2.45) is 0 Å². The van der Waals surface area contributed by atoms with Crippen LogP contribution in [0.2, 0.25) is 0 Å². The van der Waals surface area contributed by atoms with Crippen LogP contribution >= 0.6 is 0 Å². The molecule has 1 N–H and O–H groups in total. The zero-order chi connectivity index (χ0) is 12.8. The SMILES string of the molecule is CC(=O)Nc1cccc(CC(=O)OC(C)C)c1. The van der Waals surface area contributed by atoms with Crippen LogP contribution in [0.25, 0.3) is 0 Å². The molecule has 0 heterocycles. The first kappa shape index (κ1) is 13.2. The van der Waals surface area contributed by atoms with E-state index < -0.39 is 0 Å². The molecule has 1 aromatic carbocycles. The molecule has 1 aromatic rings. The first-order valence-electron chi connectivity index (χ1n) is 5.53. The fourth-order valence-corrected chi connectivity index (χ4v) is 1.43. The van der Waals surface area contributed by atoms with E-state index in [1.165, 1.54) is 6.92 Å². The van der Waals surface area contributed by atoms with E-state index in [1.807, 2.05) is 19.9 Å². The molecule has 0 radical (unpaired) electrons. The van der Waals surface area contributed by atoms with Crippen LogP contribution in [0.3, 0.4) is 0 Å². The second kappa shape index (κ2) is 6.03. The number of hydrogen-bond acceptors (Lipinski definition) is 3. The van der Waals surface area contributed by atoms with Gasteiger partial charge in [-0.1, -0.05) is 12.1 Å². The number of benzene rings is 1. The molecule has 0 aliphatic rings. The molecular formula is C13H17NO3. The third-order valence-electron chi connectivity index (χ3n) is 1.96. The van der Waals surface area contributed by atoms with Gasteiger partial charge in [-0.25, -0.2) is 0 Å². The van der Waals surface area contributed by atoms with Crippen molar-refractivity contribution < 1.29 is 14.3 Å². The number of carbonyl (C=O) groups excluding carboxylic acids is 2. The third-order valence-corrected chi connectivity index (χ3v) is 1.96. The fourth-order valence-electron chi connectivity index (χ4n) is 1.43. The summed E-state index contributed by atoms with van der Waals surface area (Å²) in [5, 5.41) is 2.67. The molecule has 1 rings (SSSR count). The van der Waals surface area contributed by atoms with Gasteiger partial charge >= 0.3 is 5.97 Å². The zero-order valence-electron chi connectivity index (χ0n) is 10.3. The number of carbonyl (C=O) groups is 2. The molecule has 0 aliphatic heterocycles. The van der Waals surface area contributed by atoms with Gasteiger partial charge in [0.2, 0.25) is 5.91 Å². The van der Waals surface area contributed by atoms with Crippen LogP contribution in [0.15, 0.2) is 24.3 Å². The first-order valence-corrected chi connectivity index (χ1v) is 5.53. The largest absolute Gasteiger partial charge is 0.463 e. The number of hydrogen-bond donors (Lipinski definition) is 1. The van der Waals surface area contributed by atoms with E-state index >= 15 is 0 Å². The predicted molar refractivity (Wildman–Crippen MR) is 65.7 cm³/mol. The van der Waals surface area contributed by atoms with Crippen LogP contribution in [-0.4, -0.2) is 18.0 Å². The van der Waals surface area contributed by atoms with Gasteiger partial charge in [0, 0.05) is 12.6 Å². The topological polar surface area (TPSA) is 55.4 Å². The molecule has 0 fully saturated rings. The molecule has 4 nitrogen and oxygen atoms in total. The van der Waals surface area contributed by atoms with Crippen LogP contribution in [0.4, 0.5) is 5.69 Å². The van der Waals surface area contributed by atoms with Crippen molar-refractivity contribution in [3.05, 3.63) is 29.8 Å². The summed E-state index contributed by atoms with van der Waals surface area (Å²) in [6.45, 7) is 5.07. The van der Waals surface area contributed by atoms with Crippen molar-refractivity contribution in [2.45, 2.75) is 33.3 Å². The van der Waals surface area contributed by atoms with Gasteiger partial charge in [-0.05, 0) is 31.5 Å². The van der Waals surface area contributed by atoms with Gasteiger partial charge in [-0.2, -0.15) is 0 Å². The lowest BCUT2D eigenvalue weighted by molar-refractivity contribution is -0.146. The Bertz CT molecular complexity index is 413. The molecule has 1 amide bonds. The fraction of sp³-hybridized carbons (Fsp3) is 0.385. The van der Waals surface area contributed by atoms with Gasteiger partial charge in [0.15, 0.2) is 0 Å². The number of anilines is 1. The van der Waals surface area contributed by atoms with Crippen LogP contribution in [0, 0.1) is 0 Å². The van der Waals surface area contributed by atoms with Crippen molar-refractivity contribution in [1.82, 2.24) is 0 Å². The highest BCUT2D eigenvalue weighted by atomic mass is 16.5. The average molecular weight is 235 g/mol. The highest BCUT2D eigenvalue weighted by Gasteiger charge is 2.07. The van der Waals surface area contributed by atoms with E-state index in [0.29, 0.717) is 5.69 Å². The summed E-state index contributed by atoms with van der Waals surface area (Å²) in [6.07, 6.45) is 0.104. The van der Waals surface area contributed by atoms with E-state index in [1.54, 1.807) is 18.2 Å². The summed E-state index contributed by atoms with van der Waals surface area (Å²) in [6, 6.07) is 7.16. The minimum atomic E-state index is -0.264. The predicted octanol–water partition coefficient (Wildman–Crippen LogP) is 2.14. The molecule has 0 bridgehead atoms. The van der Waals surface area contributed by atoms with E-state index in [0.717, 1.165) is 5.56 Å². The van der Waals surface area contributed by atoms with E-state index in [4.69, 9.17) is 4.74 Å². The second-order valence-electron chi connectivity index (χ2n) is 4.10. The van der Waals surface area contributed by atoms with Crippen LogP contribution < -0.4 is 5.32 Å². The van der Waals surface area contributed by atoms with Gasteiger partial charge in [0.25, 0.3) is 0 Å². The average Bonchev–Trinajstić information content (AvgIpc) is 2.14. The molecule has 0 saturated heterocycles. The Hall–Kier alpha value is -1.84. The maximum atomic E-state index is 11.4. The standard InChI is InChI=1S/C13H17NO3/c1-9(2)17-13(16)8-11-5-4-6-12(7-11)14-10(3)15/h4-7,9H,8H2,1-3H3,(H,14,15). The Balaban J connectivity index is 2.65. The highest BCUT2D eigenvalue weighted by molar-refractivity contribution is 5.88. The van der Waals surface area contributed by atoms with Gasteiger partial charge in [0.05, 0.1) is 12.5 Å².